The molecule has 1 atom stereocenters. The molecular weight excluding hydrogens is 276 g/mol. The zero-order chi connectivity index (χ0) is 15.5. The molecule has 5 heteroatoms. The van der Waals surface area contributed by atoms with Gasteiger partial charge in [0.05, 0.1) is 12.2 Å². The number of hydrogen-bond donors (Lipinski definition) is 1. The van der Waals surface area contributed by atoms with E-state index in [1.54, 1.807) is 0 Å². The molecule has 1 aromatic rings. The first-order chi connectivity index (χ1) is 10.6. The average molecular weight is 304 g/mol. The van der Waals surface area contributed by atoms with E-state index in [0.717, 1.165) is 51.6 Å². The lowest BCUT2D eigenvalue weighted by Gasteiger charge is -2.40. The van der Waals surface area contributed by atoms with Gasteiger partial charge in [-0.15, -0.1) is 0 Å². The van der Waals surface area contributed by atoms with Crippen LogP contribution in [0.3, 0.4) is 0 Å². The molecule has 1 N–H and O–H groups in total. The number of piperazine rings is 1. The van der Waals surface area contributed by atoms with Crippen molar-refractivity contribution in [2.75, 3.05) is 69.7 Å². The SMILES string of the molecule is CC1CN(CCN(C)C)c2c(cccc2N2CCNCC2)O1. The number of ether oxygens (including phenoxy) is 1. The second-order valence-electron chi connectivity index (χ2n) is 6.54. The molecule has 0 amide bonds. The summed E-state index contributed by atoms with van der Waals surface area (Å²) in [4.78, 5) is 7.23. The highest BCUT2D eigenvalue weighted by molar-refractivity contribution is 5.78. The van der Waals surface area contributed by atoms with Crippen LogP contribution < -0.4 is 19.9 Å². The van der Waals surface area contributed by atoms with Crippen molar-refractivity contribution in [2.24, 2.45) is 0 Å². The Labute approximate surface area is 133 Å². The first kappa shape index (κ1) is 15.4. The summed E-state index contributed by atoms with van der Waals surface area (Å²) < 4.78 is 6.10. The first-order valence-electron chi connectivity index (χ1n) is 8.30. The minimum Gasteiger partial charge on any atom is -0.487 e. The summed E-state index contributed by atoms with van der Waals surface area (Å²) >= 11 is 0. The molecule has 3 rings (SSSR count). The molecule has 22 heavy (non-hydrogen) atoms. The maximum absolute atomic E-state index is 6.10. The Hall–Kier alpha value is -1.46. The molecule has 2 aliphatic heterocycles. The molecule has 5 nitrogen and oxygen atoms in total. The Morgan fingerprint density at radius 3 is 2.77 bits per heavy atom. The highest BCUT2D eigenvalue weighted by atomic mass is 16.5. The summed E-state index contributed by atoms with van der Waals surface area (Å²) in [6.45, 7) is 9.45. The molecule has 0 bridgehead atoms. The number of rotatable bonds is 4. The van der Waals surface area contributed by atoms with Gasteiger partial charge >= 0.3 is 0 Å². The lowest BCUT2D eigenvalue weighted by atomic mass is 10.1. The summed E-state index contributed by atoms with van der Waals surface area (Å²) in [7, 11) is 4.26. The molecule has 0 aliphatic carbocycles. The lowest BCUT2D eigenvalue weighted by molar-refractivity contribution is 0.211. The van der Waals surface area contributed by atoms with E-state index in [9.17, 15) is 0 Å². The van der Waals surface area contributed by atoms with Crippen molar-refractivity contribution in [2.45, 2.75) is 13.0 Å². The fraction of sp³-hybridized carbons (Fsp3) is 0.647. The van der Waals surface area contributed by atoms with Crippen molar-refractivity contribution < 1.29 is 4.74 Å². The molecule has 1 saturated heterocycles. The Morgan fingerprint density at radius 1 is 1.27 bits per heavy atom. The van der Waals surface area contributed by atoms with Crippen LogP contribution in [0.1, 0.15) is 6.92 Å². The molecule has 2 aliphatic rings. The fourth-order valence-corrected chi connectivity index (χ4v) is 3.26. The van der Waals surface area contributed by atoms with E-state index in [0.29, 0.717) is 0 Å². The fourth-order valence-electron chi connectivity index (χ4n) is 3.26. The van der Waals surface area contributed by atoms with E-state index >= 15 is 0 Å². The number of nitrogens with one attached hydrogen (secondary N) is 1. The summed E-state index contributed by atoms with van der Waals surface area (Å²) in [6.07, 6.45) is 0.243. The number of anilines is 2. The highest BCUT2D eigenvalue weighted by Crippen LogP contribution is 2.41. The normalized spacial score (nSPS) is 21.7. The second-order valence-corrected chi connectivity index (χ2v) is 6.54. The van der Waals surface area contributed by atoms with Gasteiger partial charge in [0.15, 0.2) is 0 Å². The Balaban J connectivity index is 1.90. The Morgan fingerprint density at radius 2 is 2.05 bits per heavy atom. The topological polar surface area (TPSA) is 31.0 Å². The van der Waals surface area contributed by atoms with E-state index in [2.05, 4.69) is 59.2 Å². The number of nitrogens with zero attached hydrogens (tertiary/aromatic N) is 3. The second kappa shape index (κ2) is 6.75. The number of hydrogen-bond acceptors (Lipinski definition) is 5. The van der Waals surface area contributed by atoms with Crippen LogP contribution in [-0.4, -0.2) is 70.9 Å². The minimum absolute atomic E-state index is 0.243. The molecule has 0 saturated carbocycles. The molecule has 2 heterocycles. The van der Waals surface area contributed by atoms with Crippen LogP contribution in [0, 0.1) is 0 Å². The smallest absolute Gasteiger partial charge is 0.145 e. The summed E-state index contributed by atoms with van der Waals surface area (Å²) in [5, 5.41) is 3.43. The number of para-hydroxylation sites is 1. The third-order valence-corrected chi connectivity index (χ3v) is 4.37. The molecule has 0 radical (unpaired) electrons. The first-order valence-corrected chi connectivity index (χ1v) is 8.30. The predicted molar refractivity (Wildman–Crippen MR) is 92.4 cm³/mol. The zero-order valence-corrected chi connectivity index (χ0v) is 14.0. The molecule has 1 unspecified atom stereocenters. The van der Waals surface area contributed by atoms with Crippen LogP contribution in [0.5, 0.6) is 5.75 Å². The van der Waals surface area contributed by atoms with Crippen LogP contribution in [-0.2, 0) is 0 Å². The van der Waals surface area contributed by atoms with Gasteiger partial charge in [-0.3, -0.25) is 0 Å². The van der Waals surface area contributed by atoms with Crippen molar-refractivity contribution in [3.63, 3.8) is 0 Å². The highest BCUT2D eigenvalue weighted by Gasteiger charge is 2.27. The number of benzene rings is 1. The summed E-state index contributed by atoms with van der Waals surface area (Å²) in [6, 6.07) is 6.48. The predicted octanol–water partition coefficient (Wildman–Crippen LogP) is 1.25. The van der Waals surface area contributed by atoms with Crippen molar-refractivity contribution in [3.05, 3.63) is 18.2 Å². The molecule has 0 aromatic heterocycles. The largest absolute Gasteiger partial charge is 0.487 e. The third-order valence-electron chi connectivity index (χ3n) is 4.37. The van der Waals surface area contributed by atoms with Gasteiger partial charge in [0.2, 0.25) is 0 Å². The third kappa shape index (κ3) is 3.31. The van der Waals surface area contributed by atoms with Crippen molar-refractivity contribution >= 4 is 11.4 Å². The maximum Gasteiger partial charge on any atom is 0.145 e. The minimum atomic E-state index is 0.243. The number of likely N-dealkylation sites (N-methyl/N-ethyl adjacent to an activating group) is 1. The van der Waals surface area contributed by atoms with Crippen LogP contribution in [0.2, 0.25) is 0 Å². The standard InChI is InChI=1S/C17H28N4O/c1-14-13-21(12-11-19(2)3)17-15(5-4-6-16(17)22-14)20-9-7-18-8-10-20/h4-6,14,18H,7-13H2,1-3H3. The van der Waals surface area contributed by atoms with Crippen molar-refractivity contribution in [3.8, 4) is 5.75 Å². The lowest BCUT2D eigenvalue weighted by Crippen LogP contribution is -2.46. The monoisotopic (exact) mass is 304 g/mol. The van der Waals surface area contributed by atoms with Gasteiger partial charge in [-0.1, -0.05) is 6.07 Å². The van der Waals surface area contributed by atoms with E-state index in [1.165, 1.54) is 11.4 Å². The number of fused-ring (bicyclic) bond motifs is 1. The van der Waals surface area contributed by atoms with E-state index in [4.69, 9.17) is 4.74 Å². The van der Waals surface area contributed by atoms with E-state index < -0.39 is 0 Å². The Bertz CT molecular complexity index is 499. The van der Waals surface area contributed by atoms with Crippen molar-refractivity contribution in [1.82, 2.24) is 10.2 Å². The van der Waals surface area contributed by atoms with Gasteiger partial charge in [-0.05, 0) is 33.2 Å². The molecular formula is C17H28N4O. The maximum atomic E-state index is 6.10. The molecule has 0 spiro atoms. The van der Waals surface area contributed by atoms with E-state index in [1.807, 2.05) is 0 Å². The molecule has 1 aromatic carbocycles. The zero-order valence-electron chi connectivity index (χ0n) is 14.0. The van der Waals surface area contributed by atoms with Gasteiger partial charge < -0.3 is 24.8 Å². The summed E-state index contributed by atoms with van der Waals surface area (Å²) in [5.74, 6) is 1.04. The van der Waals surface area contributed by atoms with Crippen LogP contribution in [0.25, 0.3) is 0 Å². The van der Waals surface area contributed by atoms with Crippen LogP contribution >= 0.6 is 0 Å². The van der Waals surface area contributed by atoms with Gasteiger partial charge in [0, 0.05) is 39.3 Å². The van der Waals surface area contributed by atoms with Gasteiger partial charge in [-0.2, -0.15) is 0 Å². The van der Waals surface area contributed by atoms with Crippen LogP contribution in [0.4, 0.5) is 11.4 Å². The van der Waals surface area contributed by atoms with E-state index in [-0.39, 0.29) is 6.10 Å². The van der Waals surface area contributed by atoms with Gasteiger partial charge in [0.25, 0.3) is 0 Å². The quantitative estimate of drug-likeness (QED) is 0.905. The molecule has 1 fully saturated rings. The van der Waals surface area contributed by atoms with Crippen LogP contribution in [0.15, 0.2) is 18.2 Å². The average Bonchev–Trinajstić information content (AvgIpc) is 2.52. The molecule has 122 valence electrons. The van der Waals surface area contributed by atoms with Gasteiger partial charge in [0.1, 0.15) is 17.5 Å². The van der Waals surface area contributed by atoms with Crippen molar-refractivity contribution in [1.29, 1.82) is 0 Å². The summed E-state index contributed by atoms with van der Waals surface area (Å²) in [5.41, 5.74) is 2.61. The Kier molecular flexibility index (Phi) is 4.74. The van der Waals surface area contributed by atoms with Gasteiger partial charge in [-0.25, -0.2) is 0 Å².